The molecule has 1 aromatic rings. The minimum atomic E-state index is -4.51. The van der Waals surface area contributed by atoms with Gasteiger partial charge in [-0.05, 0) is 25.0 Å². The van der Waals surface area contributed by atoms with Crippen LogP contribution < -0.4 is 39.2 Å². The summed E-state index contributed by atoms with van der Waals surface area (Å²) in [5, 5.41) is 3.18. The fourth-order valence-electron chi connectivity index (χ4n) is 4.19. The van der Waals surface area contributed by atoms with Crippen LogP contribution in [0.5, 0.6) is 0 Å². The maximum atomic E-state index is 11.7. The molecule has 7 heteroatoms. The molecule has 0 fully saturated rings. The number of nitrogens with one attached hydrogen (secondary N) is 1. The molecule has 1 atom stereocenters. The Balaban J connectivity index is 0.00000450. The van der Waals surface area contributed by atoms with Gasteiger partial charge in [0.05, 0.1) is 11.4 Å². The number of rotatable bonds is 16. The Labute approximate surface area is 206 Å². The average Bonchev–Trinajstić information content (AvgIpc) is 3.07. The van der Waals surface area contributed by atoms with E-state index in [1.165, 1.54) is 77.0 Å². The zero-order valence-electron chi connectivity index (χ0n) is 19.1. The number of hydrogen-bond donors (Lipinski definition) is 1. The number of fused-ring (bicyclic) bond motifs is 1. The first kappa shape index (κ1) is 27.8. The van der Waals surface area contributed by atoms with Crippen molar-refractivity contribution in [3.8, 4) is 0 Å². The number of benzene rings is 1. The van der Waals surface area contributed by atoms with Crippen LogP contribution >= 0.6 is 0 Å². The number of anilines is 2. The van der Waals surface area contributed by atoms with E-state index in [0.29, 0.717) is 12.1 Å². The van der Waals surface area contributed by atoms with E-state index in [4.69, 9.17) is 0 Å². The van der Waals surface area contributed by atoms with Crippen molar-refractivity contribution in [2.24, 2.45) is 0 Å². The molecule has 1 aliphatic rings. The summed E-state index contributed by atoms with van der Waals surface area (Å²) in [5.74, 6) is 0. The van der Waals surface area contributed by atoms with Crippen molar-refractivity contribution in [3.63, 3.8) is 0 Å². The Morgan fingerprint density at radius 1 is 0.833 bits per heavy atom. The summed E-state index contributed by atoms with van der Waals surface area (Å²) in [6.07, 6.45) is 18.3. The average molecular weight is 447 g/mol. The van der Waals surface area contributed by atoms with E-state index in [2.05, 4.69) is 12.2 Å². The van der Waals surface area contributed by atoms with Crippen LogP contribution in [0.4, 0.5) is 11.4 Å². The van der Waals surface area contributed by atoms with Gasteiger partial charge in [-0.3, -0.25) is 4.31 Å². The van der Waals surface area contributed by atoms with Gasteiger partial charge >= 0.3 is 29.6 Å². The van der Waals surface area contributed by atoms with Gasteiger partial charge in [0, 0.05) is 0 Å². The van der Waals surface area contributed by atoms with Gasteiger partial charge in [0.1, 0.15) is 6.17 Å². The standard InChI is InChI=1S/C23H40N2O3S.Na/c1-2-3-4-5-6-7-8-9-10-11-12-13-14-15-20-23-24-21-18-16-17-19-22(21)25(23)29(26,27)28;/h16-19,23-24H,2-15,20H2,1H3,(H,26,27,28);/q;+1/p-1. The summed E-state index contributed by atoms with van der Waals surface area (Å²) in [4.78, 5) is 0. The second-order valence-electron chi connectivity index (χ2n) is 8.32. The second kappa shape index (κ2) is 15.5. The molecule has 2 rings (SSSR count). The zero-order valence-corrected chi connectivity index (χ0v) is 21.9. The maximum absolute atomic E-state index is 11.7. The number of nitrogens with zero attached hydrogens (tertiary/aromatic N) is 1. The first-order valence-corrected chi connectivity index (χ1v) is 13.0. The molecule has 30 heavy (non-hydrogen) atoms. The van der Waals surface area contributed by atoms with E-state index < -0.39 is 16.5 Å². The van der Waals surface area contributed by atoms with Crippen LogP contribution in [0.2, 0.25) is 0 Å². The largest absolute Gasteiger partial charge is 1.00 e. The summed E-state index contributed by atoms with van der Waals surface area (Å²) in [6.45, 7) is 2.26. The van der Waals surface area contributed by atoms with Crippen LogP contribution in [0, 0.1) is 0 Å². The summed E-state index contributed by atoms with van der Waals surface area (Å²) < 4.78 is 36.1. The number of unbranched alkanes of at least 4 members (excludes halogenated alkanes) is 13. The predicted molar refractivity (Wildman–Crippen MR) is 121 cm³/mol. The van der Waals surface area contributed by atoms with Gasteiger partial charge in [-0.15, -0.1) is 0 Å². The van der Waals surface area contributed by atoms with Crippen LogP contribution in [0.1, 0.15) is 103 Å². The van der Waals surface area contributed by atoms with Crippen molar-refractivity contribution in [2.45, 2.75) is 109 Å². The Morgan fingerprint density at radius 2 is 1.30 bits per heavy atom. The SMILES string of the molecule is CCCCCCCCCCCCCCCCC1Nc2ccccc2N1S(=O)(=O)[O-].[Na+]. The fraction of sp³-hybridized carbons (Fsp3) is 0.739. The molecule has 0 saturated carbocycles. The van der Waals surface area contributed by atoms with Crippen LogP contribution in [-0.4, -0.2) is 19.1 Å². The third kappa shape index (κ3) is 9.90. The van der Waals surface area contributed by atoms with E-state index in [0.717, 1.165) is 22.8 Å². The van der Waals surface area contributed by atoms with Crippen LogP contribution in [0.3, 0.4) is 0 Å². The molecular weight excluding hydrogens is 407 g/mol. The van der Waals surface area contributed by atoms with Crippen LogP contribution in [-0.2, 0) is 10.3 Å². The molecule has 1 N–H and O–H groups in total. The minimum absolute atomic E-state index is 0. The van der Waals surface area contributed by atoms with E-state index >= 15 is 0 Å². The van der Waals surface area contributed by atoms with Crippen LogP contribution in [0.15, 0.2) is 24.3 Å². The molecule has 1 aromatic carbocycles. The molecule has 1 heterocycles. The van der Waals surface area contributed by atoms with Crippen molar-refractivity contribution in [1.82, 2.24) is 0 Å². The summed E-state index contributed by atoms with van der Waals surface area (Å²) in [7, 11) is -4.51. The first-order chi connectivity index (χ1) is 14.0. The van der Waals surface area contributed by atoms with E-state index in [1.54, 1.807) is 12.1 Å². The number of hydrogen-bond acceptors (Lipinski definition) is 4. The Kier molecular flexibility index (Phi) is 14.4. The monoisotopic (exact) mass is 446 g/mol. The van der Waals surface area contributed by atoms with Crippen molar-refractivity contribution in [1.29, 1.82) is 0 Å². The molecule has 0 aliphatic carbocycles. The van der Waals surface area contributed by atoms with E-state index in [9.17, 15) is 13.0 Å². The van der Waals surface area contributed by atoms with Crippen molar-refractivity contribution < 1.29 is 42.5 Å². The van der Waals surface area contributed by atoms with Gasteiger partial charge in [0.25, 0.3) is 0 Å². The molecule has 1 unspecified atom stereocenters. The normalized spacial score (nSPS) is 15.5. The third-order valence-electron chi connectivity index (χ3n) is 5.82. The summed E-state index contributed by atoms with van der Waals surface area (Å²) >= 11 is 0. The molecule has 0 radical (unpaired) electrons. The van der Waals surface area contributed by atoms with E-state index in [-0.39, 0.29) is 29.6 Å². The van der Waals surface area contributed by atoms with E-state index in [1.807, 2.05) is 12.1 Å². The molecule has 0 bridgehead atoms. The van der Waals surface area contributed by atoms with Gasteiger partial charge in [0.2, 0.25) is 0 Å². The van der Waals surface area contributed by atoms with Crippen molar-refractivity contribution >= 4 is 21.7 Å². The van der Waals surface area contributed by atoms with Gasteiger partial charge in [-0.25, -0.2) is 8.42 Å². The summed E-state index contributed by atoms with van der Waals surface area (Å²) in [6, 6.07) is 7.10. The molecular formula is C23H39N2NaO3S. The van der Waals surface area contributed by atoms with Gasteiger partial charge in [-0.2, -0.15) is 0 Å². The molecule has 0 amide bonds. The van der Waals surface area contributed by atoms with Gasteiger partial charge < -0.3 is 9.87 Å². The molecule has 0 aromatic heterocycles. The van der Waals surface area contributed by atoms with Crippen molar-refractivity contribution in [3.05, 3.63) is 24.3 Å². The Bertz CT molecular complexity index is 685. The molecule has 166 valence electrons. The second-order valence-corrected chi connectivity index (χ2v) is 9.56. The molecule has 0 saturated heterocycles. The Morgan fingerprint density at radius 3 is 1.80 bits per heavy atom. The predicted octanol–water partition coefficient (Wildman–Crippen LogP) is 3.58. The van der Waals surface area contributed by atoms with Gasteiger partial charge in [0.15, 0.2) is 10.3 Å². The zero-order chi connectivity index (χ0) is 21.0. The molecule has 5 nitrogen and oxygen atoms in total. The molecule has 1 aliphatic heterocycles. The minimum Gasteiger partial charge on any atom is -0.731 e. The topological polar surface area (TPSA) is 72.5 Å². The Hall–Kier alpha value is -0.270. The third-order valence-corrected chi connectivity index (χ3v) is 6.75. The number of para-hydroxylation sites is 2. The van der Waals surface area contributed by atoms with Gasteiger partial charge in [-0.1, -0.05) is 103 Å². The smallest absolute Gasteiger partial charge is 0.731 e. The molecule has 0 spiro atoms. The first-order valence-electron chi connectivity index (χ1n) is 11.6. The summed E-state index contributed by atoms with van der Waals surface area (Å²) in [5.41, 5.74) is 1.19. The van der Waals surface area contributed by atoms with Crippen LogP contribution in [0.25, 0.3) is 0 Å². The quantitative estimate of drug-likeness (QED) is 0.239. The fourth-order valence-corrected chi connectivity index (χ4v) is 5.06. The maximum Gasteiger partial charge on any atom is 1.00 e. The van der Waals surface area contributed by atoms with Crippen molar-refractivity contribution in [2.75, 3.05) is 9.62 Å².